The molecule has 1 unspecified atom stereocenters. The molecule has 2 aromatic rings. The molecular formula is C17H18IN3O2. The van der Waals surface area contributed by atoms with Crippen molar-refractivity contribution in [3.8, 4) is 0 Å². The van der Waals surface area contributed by atoms with Gasteiger partial charge in [0.15, 0.2) is 0 Å². The van der Waals surface area contributed by atoms with Crippen LogP contribution in [0.4, 0.5) is 16.2 Å². The van der Waals surface area contributed by atoms with Crippen LogP contribution in [0.1, 0.15) is 25.5 Å². The van der Waals surface area contributed by atoms with Crippen LogP contribution in [-0.2, 0) is 4.79 Å². The van der Waals surface area contributed by atoms with Crippen LogP contribution >= 0.6 is 22.6 Å². The number of nitrogens with one attached hydrogen (secondary N) is 3. The average molecular weight is 423 g/mol. The molecule has 0 heterocycles. The van der Waals surface area contributed by atoms with Gasteiger partial charge >= 0.3 is 6.03 Å². The molecule has 23 heavy (non-hydrogen) atoms. The van der Waals surface area contributed by atoms with Crippen LogP contribution in [0, 0.1) is 3.57 Å². The molecule has 5 nitrogen and oxygen atoms in total. The third kappa shape index (κ3) is 5.24. The smallest absolute Gasteiger partial charge is 0.319 e. The second-order valence-electron chi connectivity index (χ2n) is 5.11. The van der Waals surface area contributed by atoms with E-state index in [1.807, 2.05) is 55.5 Å². The highest BCUT2D eigenvalue weighted by Gasteiger charge is 2.11. The number of urea groups is 1. The minimum Gasteiger partial charge on any atom is -0.331 e. The zero-order chi connectivity index (χ0) is 16.8. The molecule has 0 aliphatic heterocycles. The lowest BCUT2D eigenvalue weighted by Gasteiger charge is -2.16. The molecule has 0 spiro atoms. The highest BCUT2D eigenvalue weighted by Crippen LogP contribution is 2.19. The van der Waals surface area contributed by atoms with E-state index in [4.69, 9.17) is 0 Å². The Morgan fingerprint density at radius 3 is 2.48 bits per heavy atom. The fourth-order valence-corrected chi connectivity index (χ4v) is 2.61. The summed E-state index contributed by atoms with van der Waals surface area (Å²) in [6.07, 6.45) is 0. The molecule has 0 aliphatic carbocycles. The molecular weight excluding hydrogens is 405 g/mol. The number of benzene rings is 2. The Bertz CT molecular complexity index is 718. The van der Waals surface area contributed by atoms with Crippen molar-refractivity contribution >= 4 is 45.9 Å². The van der Waals surface area contributed by atoms with Gasteiger partial charge in [-0.2, -0.15) is 0 Å². The number of para-hydroxylation sites is 1. The van der Waals surface area contributed by atoms with Gasteiger partial charge in [-0.1, -0.05) is 24.3 Å². The van der Waals surface area contributed by atoms with Gasteiger partial charge in [0.1, 0.15) is 0 Å². The van der Waals surface area contributed by atoms with E-state index in [-0.39, 0.29) is 18.0 Å². The second kappa shape index (κ2) is 7.96. The van der Waals surface area contributed by atoms with Crippen LogP contribution in [0.2, 0.25) is 0 Å². The average Bonchev–Trinajstić information content (AvgIpc) is 2.49. The number of hydrogen-bond donors (Lipinski definition) is 3. The van der Waals surface area contributed by atoms with Crippen LogP contribution < -0.4 is 16.0 Å². The van der Waals surface area contributed by atoms with Gasteiger partial charge in [-0.15, -0.1) is 0 Å². The summed E-state index contributed by atoms with van der Waals surface area (Å²) in [4.78, 5) is 23.2. The molecule has 0 aliphatic rings. The predicted molar refractivity (Wildman–Crippen MR) is 100 cm³/mol. The fraction of sp³-hybridized carbons (Fsp3) is 0.176. The molecule has 0 saturated heterocycles. The fourth-order valence-electron chi connectivity index (χ4n) is 2.09. The number of carbonyl (C=O) groups excluding carboxylic acids is 2. The van der Waals surface area contributed by atoms with E-state index in [1.165, 1.54) is 6.92 Å². The summed E-state index contributed by atoms with van der Waals surface area (Å²) >= 11 is 2.17. The van der Waals surface area contributed by atoms with Crippen molar-refractivity contribution in [3.63, 3.8) is 0 Å². The predicted octanol–water partition coefficient (Wildman–Crippen LogP) is 4.13. The van der Waals surface area contributed by atoms with E-state index in [0.29, 0.717) is 5.69 Å². The van der Waals surface area contributed by atoms with Crippen molar-refractivity contribution < 1.29 is 9.59 Å². The van der Waals surface area contributed by atoms with Crippen LogP contribution in [0.25, 0.3) is 0 Å². The monoisotopic (exact) mass is 423 g/mol. The number of rotatable bonds is 4. The summed E-state index contributed by atoms with van der Waals surface area (Å²) in [7, 11) is 0. The first kappa shape index (κ1) is 17.3. The SMILES string of the molecule is CC(=O)Nc1cccc(C(C)NC(=O)Nc2ccccc2I)c1. The van der Waals surface area contributed by atoms with E-state index in [9.17, 15) is 9.59 Å². The van der Waals surface area contributed by atoms with Gasteiger partial charge in [-0.05, 0) is 59.3 Å². The van der Waals surface area contributed by atoms with E-state index in [2.05, 4.69) is 38.5 Å². The molecule has 0 fully saturated rings. The van der Waals surface area contributed by atoms with Gasteiger partial charge in [0, 0.05) is 16.2 Å². The maximum Gasteiger partial charge on any atom is 0.319 e. The van der Waals surface area contributed by atoms with E-state index >= 15 is 0 Å². The molecule has 0 bridgehead atoms. The first-order valence-corrected chi connectivity index (χ1v) is 8.23. The molecule has 1 atom stereocenters. The zero-order valence-corrected chi connectivity index (χ0v) is 15.0. The number of hydrogen-bond acceptors (Lipinski definition) is 2. The Morgan fingerprint density at radius 1 is 1.04 bits per heavy atom. The molecule has 2 rings (SSSR count). The lowest BCUT2D eigenvalue weighted by molar-refractivity contribution is -0.114. The van der Waals surface area contributed by atoms with E-state index in [1.54, 1.807) is 0 Å². The van der Waals surface area contributed by atoms with Crippen molar-refractivity contribution in [3.05, 3.63) is 57.7 Å². The quantitative estimate of drug-likeness (QED) is 0.648. The van der Waals surface area contributed by atoms with Crippen molar-refractivity contribution in [1.82, 2.24) is 5.32 Å². The first-order chi connectivity index (χ1) is 11.0. The minimum absolute atomic E-state index is 0.126. The van der Waals surface area contributed by atoms with Crippen LogP contribution in [-0.4, -0.2) is 11.9 Å². The standard InChI is InChI=1S/C17H18IN3O2/c1-11(13-6-5-7-14(10-13)20-12(2)22)19-17(23)21-16-9-4-3-8-15(16)18/h3-11H,1-2H3,(H,20,22)(H2,19,21,23). The lowest BCUT2D eigenvalue weighted by atomic mass is 10.1. The number of amides is 3. The van der Waals surface area contributed by atoms with E-state index in [0.717, 1.165) is 14.8 Å². The topological polar surface area (TPSA) is 70.2 Å². The highest BCUT2D eigenvalue weighted by atomic mass is 127. The third-order valence-corrected chi connectivity index (χ3v) is 4.12. The Balaban J connectivity index is 2.01. The number of carbonyl (C=O) groups is 2. The summed E-state index contributed by atoms with van der Waals surface area (Å²) in [6, 6.07) is 14.5. The Morgan fingerprint density at radius 2 is 1.78 bits per heavy atom. The molecule has 0 saturated carbocycles. The second-order valence-corrected chi connectivity index (χ2v) is 6.27. The summed E-state index contributed by atoms with van der Waals surface area (Å²) in [5.41, 5.74) is 2.39. The van der Waals surface area contributed by atoms with Gasteiger partial charge in [-0.3, -0.25) is 4.79 Å². The van der Waals surface area contributed by atoms with Crippen LogP contribution in [0.5, 0.6) is 0 Å². The number of anilines is 2. The van der Waals surface area contributed by atoms with Crippen molar-refractivity contribution in [2.75, 3.05) is 10.6 Å². The Labute approximate surface area is 149 Å². The molecule has 3 amide bonds. The van der Waals surface area contributed by atoms with E-state index < -0.39 is 0 Å². The van der Waals surface area contributed by atoms with Crippen molar-refractivity contribution in [2.24, 2.45) is 0 Å². The molecule has 3 N–H and O–H groups in total. The highest BCUT2D eigenvalue weighted by molar-refractivity contribution is 14.1. The van der Waals surface area contributed by atoms with Gasteiger partial charge < -0.3 is 16.0 Å². The summed E-state index contributed by atoms with van der Waals surface area (Å²) < 4.78 is 0.973. The molecule has 0 radical (unpaired) electrons. The minimum atomic E-state index is -0.272. The van der Waals surface area contributed by atoms with Gasteiger partial charge in [0.05, 0.1) is 11.7 Å². The largest absolute Gasteiger partial charge is 0.331 e. The maximum absolute atomic E-state index is 12.1. The summed E-state index contributed by atoms with van der Waals surface area (Å²) in [5, 5.41) is 8.45. The first-order valence-electron chi connectivity index (χ1n) is 7.15. The Kier molecular flexibility index (Phi) is 5.97. The van der Waals surface area contributed by atoms with Crippen LogP contribution in [0.3, 0.4) is 0 Å². The van der Waals surface area contributed by atoms with Gasteiger partial charge in [-0.25, -0.2) is 4.79 Å². The normalized spacial score (nSPS) is 11.4. The molecule has 6 heteroatoms. The lowest BCUT2D eigenvalue weighted by Crippen LogP contribution is -2.31. The third-order valence-electron chi connectivity index (χ3n) is 3.18. The Hall–Kier alpha value is -2.09. The summed E-state index contributed by atoms with van der Waals surface area (Å²) in [5.74, 6) is -0.126. The number of halogens is 1. The van der Waals surface area contributed by atoms with Crippen molar-refractivity contribution in [1.29, 1.82) is 0 Å². The zero-order valence-electron chi connectivity index (χ0n) is 12.9. The molecule has 0 aromatic heterocycles. The molecule has 2 aromatic carbocycles. The van der Waals surface area contributed by atoms with Gasteiger partial charge in [0.25, 0.3) is 0 Å². The summed E-state index contributed by atoms with van der Waals surface area (Å²) in [6.45, 7) is 3.35. The molecule has 120 valence electrons. The van der Waals surface area contributed by atoms with Gasteiger partial charge in [0.2, 0.25) is 5.91 Å². The van der Waals surface area contributed by atoms with Crippen molar-refractivity contribution in [2.45, 2.75) is 19.9 Å². The van der Waals surface area contributed by atoms with Crippen LogP contribution in [0.15, 0.2) is 48.5 Å². The maximum atomic E-state index is 12.1.